The number of carbonyl (C=O) groups excluding carboxylic acids is 1. The Morgan fingerprint density at radius 2 is 2.16 bits per heavy atom. The molecule has 0 radical (unpaired) electrons. The molecule has 2 rings (SSSR count). The molecular formula is C15H13ClFNO. The summed E-state index contributed by atoms with van der Waals surface area (Å²) in [7, 11) is 0. The van der Waals surface area contributed by atoms with Crippen molar-refractivity contribution < 1.29 is 9.18 Å². The number of carbonyl (C=O) groups is 1. The van der Waals surface area contributed by atoms with Crippen molar-refractivity contribution in [2.45, 2.75) is 18.8 Å². The van der Waals surface area contributed by atoms with Crippen molar-refractivity contribution >= 4 is 16.8 Å². The van der Waals surface area contributed by atoms with E-state index in [1.165, 1.54) is 12.1 Å². The number of hydrogen-bond donors (Lipinski definition) is 0. The lowest BCUT2D eigenvalue weighted by Gasteiger charge is -2.26. The maximum Gasteiger partial charge on any atom is 0.232 e. The zero-order chi connectivity index (χ0) is 13.9. The smallest absolute Gasteiger partial charge is 0.232 e. The molecule has 1 heterocycles. The van der Waals surface area contributed by atoms with Crippen LogP contribution in [0.3, 0.4) is 0 Å². The summed E-state index contributed by atoms with van der Waals surface area (Å²) in [5.74, 6) is -0.382. The zero-order valence-corrected chi connectivity index (χ0v) is 11.2. The van der Waals surface area contributed by atoms with Gasteiger partial charge in [0.15, 0.2) is 0 Å². The van der Waals surface area contributed by atoms with E-state index in [1.807, 2.05) is 6.07 Å². The average Bonchev–Trinajstić information content (AvgIpc) is 2.39. The predicted molar refractivity (Wildman–Crippen MR) is 72.6 cm³/mol. The molecule has 2 aromatic rings. The molecule has 1 aromatic carbocycles. The Morgan fingerprint density at radius 3 is 2.74 bits per heavy atom. The topological polar surface area (TPSA) is 30.0 Å². The molecule has 0 fully saturated rings. The normalized spacial score (nSPS) is 13.8. The molecule has 0 bridgehead atoms. The van der Waals surface area contributed by atoms with Crippen LogP contribution < -0.4 is 0 Å². The van der Waals surface area contributed by atoms with Crippen molar-refractivity contribution in [2.75, 3.05) is 0 Å². The van der Waals surface area contributed by atoms with Crippen LogP contribution in [0.2, 0.25) is 0 Å². The van der Waals surface area contributed by atoms with Crippen molar-refractivity contribution in [2.24, 2.45) is 0 Å². The Morgan fingerprint density at radius 1 is 1.37 bits per heavy atom. The van der Waals surface area contributed by atoms with Crippen LogP contribution in [-0.2, 0) is 16.6 Å². The van der Waals surface area contributed by atoms with Crippen molar-refractivity contribution in [1.29, 1.82) is 0 Å². The molecule has 4 heteroatoms. The van der Waals surface area contributed by atoms with Crippen LogP contribution in [-0.4, -0.2) is 10.2 Å². The van der Waals surface area contributed by atoms with Crippen LogP contribution in [0.4, 0.5) is 4.39 Å². The van der Waals surface area contributed by atoms with Gasteiger partial charge in [-0.2, -0.15) is 0 Å². The van der Waals surface area contributed by atoms with E-state index in [0.29, 0.717) is 12.0 Å². The van der Waals surface area contributed by atoms with Crippen molar-refractivity contribution in [3.05, 3.63) is 65.7 Å². The van der Waals surface area contributed by atoms with E-state index in [1.54, 1.807) is 37.5 Å². The summed E-state index contributed by atoms with van der Waals surface area (Å²) >= 11 is 5.74. The van der Waals surface area contributed by atoms with Gasteiger partial charge in [0.25, 0.3) is 0 Å². The van der Waals surface area contributed by atoms with Gasteiger partial charge < -0.3 is 0 Å². The Kier molecular flexibility index (Phi) is 3.96. The second-order valence-corrected chi connectivity index (χ2v) is 5.00. The van der Waals surface area contributed by atoms with E-state index in [-0.39, 0.29) is 5.82 Å². The minimum Gasteiger partial charge on any atom is -0.280 e. The molecule has 98 valence electrons. The summed E-state index contributed by atoms with van der Waals surface area (Å²) in [6.45, 7) is 1.71. The van der Waals surface area contributed by atoms with Crippen molar-refractivity contribution in [3.8, 4) is 0 Å². The molecule has 0 N–H and O–H groups in total. The second kappa shape index (κ2) is 5.49. The van der Waals surface area contributed by atoms with E-state index in [0.717, 1.165) is 5.56 Å². The SMILES string of the molecule is CC(Cc1cccnc1)(C(=O)Cl)c1cccc(F)c1. The lowest BCUT2D eigenvalue weighted by atomic mass is 9.78. The summed E-state index contributed by atoms with van der Waals surface area (Å²) < 4.78 is 13.3. The highest BCUT2D eigenvalue weighted by Gasteiger charge is 2.34. The van der Waals surface area contributed by atoms with Gasteiger partial charge in [-0.1, -0.05) is 18.2 Å². The van der Waals surface area contributed by atoms with Crippen LogP contribution in [0.5, 0.6) is 0 Å². The highest BCUT2D eigenvalue weighted by molar-refractivity contribution is 6.65. The van der Waals surface area contributed by atoms with Gasteiger partial charge in [-0.05, 0) is 54.3 Å². The van der Waals surface area contributed by atoms with Gasteiger partial charge in [0.1, 0.15) is 5.82 Å². The van der Waals surface area contributed by atoms with Gasteiger partial charge in [-0.25, -0.2) is 4.39 Å². The van der Waals surface area contributed by atoms with Crippen LogP contribution in [0.25, 0.3) is 0 Å². The third kappa shape index (κ3) is 2.99. The fourth-order valence-corrected chi connectivity index (χ4v) is 2.20. The first-order valence-corrected chi connectivity index (χ1v) is 6.25. The summed E-state index contributed by atoms with van der Waals surface area (Å²) in [4.78, 5) is 15.8. The van der Waals surface area contributed by atoms with E-state index in [4.69, 9.17) is 11.6 Å². The zero-order valence-electron chi connectivity index (χ0n) is 10.4. The number of aromatic nitrogens is 1. The monoisotopic (exact) mass is 277 g/mol. The first-order chi connectivity index (χ1) is 9.02. The Balaban J connectivity index is 2.41. The lowest BCUT2D eigenvalue weighted by Crippen LogP contribution is -2.32. The Hall–Kier alpha value is -1.74. The summed E-state index contributed by atoms with van der Waals surface area (Å²) in [6, 6.07) is 9.62. The molecule has 0 aliphatic rings. The van der Waals surface area contributed by atoms with Crippen molar-refractivity contribution in [1.82, 2.24) is 4.98 Å². The van der Waals surface area contributed by atoms with Gasteiger partial charge in [-0.3, -0.25) is 9.78 Å². The third-order valence-electron chi connectivity index (χ3n) is 3.18. The van der Waals surface area contributed by atoms with Crippen LogP contribution in [0.15, 0.2) is 48.8 Å². The molecule has 0 aliphatic carbocycles. The number of halogens is 2. The first-order valence-electron chi connectivity index (χ1n) is 5.87. The van der Waals surface area contributed by atoms with Crippen LogP contribution in [0.1, 0.15) is 18.1 Å². The second-order valence-electron chi connectivity index (χ2n) is 4.65. The predicted octanol–water partition coefficient (Wildman–Crippen LogP) is 3.49. The van der Waals surface area contributed by atoms with Gasteiger partial charge in [0, 0.05) is 12.4 Å². The maximum atomic E-state index is 13.3. The number of benzene rings is 1. The van der Waals surface area contributed by atoms with Gasteiger partial charge in [-0.15, -0.1) is 0 Å². The van der Waals surface area contributed by atoms with Crippen molar-refractivity contribution in [3.63, 3.8) is 0 Å². The lowest BCUT2D eigenvalue weighted by molar-refractivity contribution is -0.116. The first kappa shape index (κ1) is 13.7. The quantitative estimate of drug-likeness (QED) is 0.801. The highest BCUT2D eigenvalue weighted by Crippen LogP contribution is 2.31. The molecule has 0 aliphatic heterocycles. The maximum absolute atomic E-state index is 13.3. The summed E-state index contributed by atoms with van der Waals surface area (Å²) in [5.41, 5.74) is 0.479. The highest BCUT2D eigenvalue weighted by atomic mass is 35.5. The van der Waals surface area contributed by atoms with E-state index in [2.05, 4.69) is 4.98 Å². The van der Waals surface area contributed by atoms with Gasteiger partial charge in [0.05, 0.1) is 5.41 Å². The number of nitrogens with zero attached hydrogens (tertiary/aromatic N) is 1. The van der Waals surface area contributed by atoms with E-state index >= 15 is 0 Å². The van der Waals surface area contributed by atoms with Gasteiger partial charge >= 0.3 is 0 Å². The Bertz CT molecular complexity index is 588. The van der Waals surface area contributed by atoms with E-state index in [9.17, 15) is 9.18 Å². The summed E-state index contributed by atoms with van der Waals surface area (Å²) in [5, 5.41) is -0.512. The molecule has 1 aromatic heterocycles. The summed E-state index contributed by atoms with van der Waals surface area (Å²) in [6.07, 6.45) is 3.72. The minimum absolute atomic E-state index is 0.382. The van der Waals surface area contributed by atoms with E-state index < -0.39 is 10.7 Å². The Labute approximate surface area is 116 Å². The fourth-order valence-electron chi connectivity index (χ4n) is 2.03. The molecule has 1 unspecified atom stereocenters. The number of pyridine rings is 1. The van der Waals surface area contributed by atoms with Crippen LogP contribution >= 0.6 is 11.6 Å². The van der Waals surface area contributed by atoms with Crippen LogP contribution in [0, 0.1) is 5.82 Å². The molecule has 0 amide bonds. The number of hydrogen-bond acceptors (Lipinski definition) is 2. The largest absolute Gasteiger partial charge is 0.280 e. The standard InChI is InChI=1S/C15H13ClFNO/c1-15(14(16)19,9-11-4-3-7-18-10-11)12-5-2-6-13(17)8-12/h2-8,10H,9H2,1H3. The molecule has 0 saturated carbocycles. The minimum atomic E-state index is -0.966. The molecule has 0 saturated heterocycles. The molecular weight excluding hydrogens is 265 g/mol. The molecule has 2 nitrogen and oxygen atoms in total. The fraction of sp³-hybridized carbons (Fsp3) is 0.200. The molecule has 0 spiro atoms. The average molecular weight is 278 g/mol. The molecule has 1 atom stereocenters. The van der Waals surface area contributed by atoms with Gasteiger partial charge in [0.2, 0.25) is 5.24 Å². The third-order valence-corrected chi connectivity index (χ3v) is 3.59. The molecule has 19 heavy (non-hydrogen) atoms. The number of rotatable bonds is 4.